The van der Waals surface area contributed by atoms with Crippen molar-refractivity contribution in [3.63, 3.8) is 0 Å². The second kappa shape index (κ2) is 12.2. The van der Waals surface area contributed by atoms with Crippen molar-refractivity contribution < 1.29 is 9.90 Å². The number of fused-ring (bicyclic) bond motifs is 1. The Labute approximate surface area is 204 Å². The molecule has 1 heterocycles. The van der Waals surface area contributed by atoms with E-state index in [4.69, 9.17) is 45.8 Å². The van der Waals surface area contributed by atoms with Crippen LogP contribution in [0.3, 0.4) is 0 Å². The van der Waals surface area contributed by atoms with Crippen LogP contribution in [0.4, 0.5) is 0 Å². The van der Waals surface area contributed by atoms with E-state index in [1.165, 1.54) is 6.21 Å². The highest BCUT2D eigenvalue weighted by atomic mass is 35.5. The average molecular weight is 505 g/mol. The predicted molar refractivity (Wildman–Crippen MR) is 135 cm³/mol. The lowest BCUT2D eigenvalue weighted by Gasteiger charge is -2.06. The van der Waals surface area contributed by atoms with E-state index in [1.54, 1.807) is 35.9 Å². The van der Waals surface area contributed by atoms with Gasteiger partial charge in [0.1, 0.15) is 0 Å². The number of nitrogens with two attached hydrogens (primary N) is 3. The number of carboxylic acids is 1. The van der Waals surface area contributed by atoms with Crippen molar-refractivity contribution in [3.8, 4) is 0 Å². The van der Waals surface area contributed by atoms with Crippen LogP contribution < -0.4 is 22.6 Å². The number of guanidine groups is 2. The first kappa shape index (κ1) is 26.1. The van der Waals surface area contributed by atoms with Crippen LogP contribution in [0.5, 0.6) is 0 Å². The summed E-state index contributed by atoms with van der Waals surface area (Å²) < 4.78 is 1.63. The predicted octanol–water partition coefficient (Wildman–Crippen LogP) is 2.19. The van der Waals surface area contributed by atoms with Gasteiger partial charge in [-0.25, -0.2) is 10.2 Å². The van der Waals surface area contributed by atoms with Crippen LogP contribution >= 0.6 is 23.2 Å². The summed E-state index contributed by atoms with van der Waals surface area (Å²) in [4.78, 5) is 11.3. The summed E-state index contributed by atoms with van der Waals surface area (Å²) in [6.45, 7) is 2.02. The SMILES string of the molecule is CC(/C=N/NC(=N)N)=N\N=C(N)N.O=C(O)c1nn(Cc2ccc(Cl)cc2Cl)c2ccccc12. The number of carboxylic acid groups (broad SMARTS) is 1. The fourth-order valence-corrected chi connectivity index (χ4v) is 3.04. The molecular formula is C20H22Cl2N10O2. The van der Waals surface area contributed by atoms with Gasteiger partial charge in [-0.2, -0.15) is 15.3 Å². The third kappa shape index (κ3) is 7.76. The summed E-state index contributed by atoms with van der Waals surface area (Å²) in [5, 5.41) is 32.3. The molecule has 0 unspecified atom stereocenters. The number of aromatic carboxylic acids is 1. The summed E-state index contributed by atoms with van der Waals surface area (Å²) in [5.74, 6) is -1.44. The molecule has 2 aromatic carbocycles. The molecule has 0 radical (unpaired) electrons. The van der Waals surface area contributed by atoms with Crippen molar-refractivity contribution in [1.29, 1.82) is 5.41 Å². The standard InChI is InChI=1S/C15H10Cl2N2O2.C5H12N8/c16-10-6-5-9(12(17)7-10)8-19-13-4-2-1-3-11(13)14(18-19)15(20)21;1-3(11-13-5(8)9)2-10-12-4(6)7/h1-7H,8H2,(H,20,21);2H,1H3,(H4,6,7,12)(H4,8,9,13)/b;10-2+,11-3+. The number of hydrogen-bond acceptors (Lipinski definition) is 6. The van der Waals surface area contributed by atoms with E-state index in [0.717, 1.165) is 11.1 Å². The quantitative estimate of drug-likeness (QED) is 0.167. The number of carbonyl (C=O) groups is 1. The average Bonchev–Trinajstić information content (AvgIpc) is 3.13. The lowest BCUT2D eigenvalue weighted by atomic mass is 10.2. The van der Waals surface area contributed by atoms with Crippen molar-refractivity contribution in [2.45, 2.75) is 13.5 Å². The number of aromatic nitrogens is 2. The number of halogens is 2. The topological polar surface area (TPSA) is 206 Å². The van der Waals surface area contributed by atoms with Crippen LogP contribution in [-0.2, 0) is 6.54 Å². The number of benzene rings is 2. The molecule has 0 bridgehead atoms. The third-order valence-corrected chi connectivity index (χ3v) is 4.54. The first-order valence-corrected chi connectivity index (χ1v) is 10.2. The fourth-order valence-electron chi connectivity index (χ4n) is 2.57. The Morgan fingerprint density at radius 2 is 1.91 bits per heavy atom. The van der Waals surface area contributed by atoms with Crippen molar-refractivity contribution in [3.05, 3.63) is 63.8 Å². The van der Waals surface area contributed by atoms with Gasteiger partial charge in [0, 0.05) is 15.4 Å². The Kier molecular flexibility index (Phi) is 9.35. The first-order chi connectivity index (χ1) is 16.1. The molecule has 0 saturated heterocycles. The van der Waals surface area contributed by atoms with Crippen LogP contribution in [0.25, 0.3) is 10.9 Å². The zero-order chi connectivity index (χ0) is 25.3. The molecule has 12 nitrogen and oxygen atoms in total. The van der Waals surface area contributed by atoms with Crippen molar-refractivity contribution in [2.75, 3.05) is 0 Å². The van der Waals surface area contributed by atoms with Gasteiger partial charge in [-0.1, -0.05) is 47.5 Å². The first-order valence-electron chi connectivity index (χ1n) is 9.47. The van der Waals surface area contributed by atoms with Gasteiger partial charge in [0.2, 0.25) is 11.9 Å². The van der Waals surface area contributed by atoms with Gasteiger partial charge >= 0.3 is 5.97 Å². The van der Waals surface area contributed by atoms with E-state index in [0.29, 0.717) is 27.7 Å². The van der Waals surface area contributed by atoms with Gasteiger partial charge in [0.25, 0.3) is 0 Å². The maximum atomic E-state index is 11.3. The van der Waals surface area contributed by atoms with E-state index in [1.807, 2.05) is 18.2 Å². The number of nitrogens with zero attached hydrogens (tertiary/aromatic N) is 5. The molecule has 0 aliphatic carbocycles. The molecule has 0 atom stereocenters. The van der Waals surface area contributed by atoms with Gasteiger partial charge in [-0.3, -0.25) is 10.1 Å². The largest absolute Gasteiger partial charge is 0.476 e. The molecule has 0 saturated carbocycles. The molecule has 0 fully saturated rings. The number of nitrogens with one attached hydrogen (secondary N) is 2. The second-order valence-corrected chi connectivity index (χ2v) is 7.46. The van der Waals surface area contributed by atoms with Gasteiger partial charge in [0.15, 0.2) is 5.69 Å². The van der Waals surface area contributed by atoms with Crippen molar-refractivity contribution in [1.82, 2.24) is 15.2 Å². The van der Waals surface area contributed by atoms with Crippen LogP contribution in [0.2, 0.25) is 10.0 Å². The number of hydrazone groups is 1. The van der Waals surface area contributed by atoms with E-state index >= 15 is 0 Å². The number of para-hydroxylation sites is 1. The highest BCUT2D eigenvalue weighted by Gasteiger charge is 2.16. The van der Waals surface area contributed by atoms with Gasteiger partial charge < -0.3 is 22.3 Å². The number of hydrogen-bond donors (Lipinski definition) is 6. The summed E-state index contributed by atoms with van der Waals surface area (Å²) in [5.41, 5.74) is 19.3. The number of rotatable bonds is 6. The summed E-state index contributed by atoms with van der Waals surface area (Å²) in [6, 6.07) is 12.4. The van der Waals surface area contributed by atoms with Crippen molar-refractivity contribution in [2.24, 2.45) is 32.5 Å². The van der Waals surface area contributed by atoms with E-state index < -0.39 is 5.97 Å². The van der Waals surface area contributed by atoms with Crippen LogP contribution in [0.1, 0.15) is 23.0 Å². The van der Waals surface area contributed by atoms with E-state index in [2.05, 4.69) is 25.8 Å². The molecule has 0 amide bonds. The minimum absolute atomic E-state index is 0.0377. The maximum Gasteiger partial charge on any atom is 0.357 e. The maximum absolute atomic E-state index is 11.3. The molecule has 3 aromatic rings. The van der Waals surface area contributed by atoms with E-state index in [9.17, 15) is 9.90 Å². The van der Waals surface area contributed by atoms with Gasteiger partial charge in [-0.15, -0.1) is 5.10 Å². The fraction of sp³-hybridized carbons (Fsp3) is 0.100. The molecule has 1 aromatic heterocycles. The third-order valence-electron chi connectivity index (χ3n) is 3.96. The minimum atomic E-state index is -1.05. The summed E-state index contributed by atoms with van der Waals surface area (Å²) in [6.07, 6.45) is 1.33. The lowest BCUT2D eigenvalue weighted by molar-refractivity contribution is 0.0691. The molecule has 34 heavy (non-hydrogen) atoms. The highest BCUT2D eigenvalue weighted by Crippen LogP contribution is 2.24. The zero-order valence-corrected chi connectivity index (χ0v) is 19.4. The van der Waals surface area contributed by atoms with E-state index in [-0.39, 0.29) is 17.6 Å². The molecule has 0 aliphatic heterocycles. The molecular weight excluding hydrogens is 483 g/mol. The molecule has 3 rings (SSSR count). The molecule has 14 heteroatoms. The smallest absolute Gasteiger partial charge is 0.357 e. The zero-order valence-electron chi connectivity index (χ0n) is 17.9. The van der Waals surface area contributed by atoms with Crippen LogP contribution in [0, 0.1) is 5.41 Å². The van der Waals surface area contributed by atoms with Crippen LogP contribution in [0.15, 0.2) is 57.8 Å². The molecule has 0 aliphatic rings. The van der Waals surface area contributed by atoms with Gasteiger partial charge in [0.05, 0.1) is 24.0 Å². The normalized spacial score (nSPS) is 11.1. The lowest BCUT2D eigenvalue weighted by Crippen LogP contribution is -2.25. The minimum Gasteiger partial charge on any atom is -0.476 e. The Morgan fingerprint density at radius 3 is 2.53 bits per heavy atom. The van der Waals surface area contributed by atoms with Gasteiger partial charge in [-0.05, 0) is 30.7 Å². The Hall–Kier alpha value is -4.16. The Balaban J connectivity index is 0.000000273. The van der Waals surface area contributed by atoms with Crippen LogP contribution in [-0.4, -0.2) is 44.7 Å². The molecule has 178 valence electrons. The molecule has 9 N–H and O–H groups in total. The highest BCUT2D eigenvalue weighted by molar-refractivity contribution is 6.35. The summed E-state index contributed by atoms with van der Waals surface area (Å²) in [7, 11) is 0. The monoisotopic (exact) mass is 504 g/mol. The Morgan fingerprint density at radius 1 is 1.21 bits per heavy atom. The van der Waals surface area contributed by atoms with Crippen molar-refractivity contribution >= 4 is 63.9 Å². The summed E-state index contributed by atoms with van der Waals surface area (Å²) >= 11 is 12.0. The second-order valence-electron chi connectivity index (χ2n) is 6.61. The Bertz CT molecular complexity index is 1280. The molecule has 0 spiro atoms.